The molecule has 1 aromatic rings. The highest BCUT2D eigenvalue weighted by Gasteiger charge is 2.29. The van der Waals surface area contributed by atoms with E-state index in [-0.39, 0.29) is 0 Å². The highest BCUT2D eigenvalue weighted by Crippen LogP contribution is 2.29. The fourth-order valence-corrected chi connectivity index (χ4v) is 4.57. The predicted molar refractivity (Wildman–Crippen MR) is 114 cm³/mol. The van der Waals surface area contributed by atoms with Gasteiger partial charge in [0.15, 0.2) is 0 Å². The number of ether oxygens (including phenoxy) is 1. The van der Waals surface area contributed by atoms with Crippen LogP contribution >= 0.6 is 0 Å². The van der Waals surface area contributed by atoms with Crippen molar-refractivity contribution in [3.8, 4) is 0 Å². The minimum Gasteiger partial charge on any atom is -0.375 e. The van der Waals surface area contributed by atoms with Crippen molar-refractivity contribution in [2.75, 3.05) is 26.7 Å². The second-order valence-corrected chi connectivity index (χ2v) is 8.26. The van der Waals surface area contributed by atoms with Crippen LogP contribution in [0, 0.1) is 5.92 Å². The molecule has 4 rings (SSSR count). The summed E-state index contributed by atoms with van der Waals surface area (Å²) in [5, 5.41) is 0. The molecule has 1 atom stereocenters. The third-order valence-corrected chi connectivity index (χ3v) is 6.22. The number of hydrogen-bond acceptors (Lipinski definition) is 5. The first-order chi connectivity index (χ1) is 13.7. The maximum Gasteiger partial charge on any atom is 0.206 e. The number of likely N-dealkylation sites (N-methyl/N-ethyl adjacent to an activating group) is 1. The Hall–Kier alpha value is -2.14. The van der Waals surface area contributed by atoms with Crippen LogP contribution in [0.2, 0.25) is 0 Å². The molecule has 28 heavy (non-hydrogen) atoms. The molecule has 1 saturated heterocycles. The maximum atomic E-state index is 6.16. The molecule has 150 valence electrons. The smallest absolute Gasteiger partial charge is 0.206 e. The molecule has 0 radical (unpaired) electrons. The molecule has 2 aliphatic heterocycles. The third kappa shape index (κ3) is 4.46. The van der Waals surface area contributed by atoms with Crippen molar-refractivity contribution < 1.29 is 4.74 Å². The summed E-state index contributed by atoms with van der Waals surface area (Å²) in [4.78, 5) is 13.6. The Labute approximate surface area is 168 Å². The Morgan fingerprint density at radius 2 is 1.89 bits per heavy atom. The number of aromatic nitrogens is 1. The summed E-state index contributed by atoms with van der Waals surface area (Å²) in [5.74, 6) is 1.80. The highest BCUT2D eigenvalue weighted by molar-refractivity contribution is 5.91. The Balaban J connectivity index is 1.47. The second-order valence-electron chi connectivity index (χ2n) is 8.26. The first kappa shape index (κ1) is 19.2. The molecule has 0 aromatic carbocycles. The van der Waals surface area contributed by atoms with E-state index in [1.807, 2.05) is 30.6 Å². The van der Waals surface area contributed by atoms with Crippen LogP contribution in [-0.2, 0) is 4.74 Å². The molecule has 1 aromatic heterocycles. The molecule has 1 aliphatic carbocycles. The van der Waals surface area contributed by atoms with E-state index in [4.69, 9.17) is 9.73 Å². The van der Waals surface area contributed by atoms with Gasteiger partial charge in [-0.2, -0.15) is 0 Å². The molecule has 3 aliphatic rings. The van der Waals surface area contributed by atoms with Gasteiger partial charge in [-0.25, -0.2) is 4.99 Å². The van der Waals surface area contributed by atoms with Crippen molar-refractivity contribution in [3.63, 3.8) is 0 Å². The normalized spacial score (nSPS) is 24.6. The minimum absolute atomic E-state index is 0.302. The van der Waals surface area contributed by atoms with E-state index in [1.165, 1.54) is 44.9 Å². The summed E-state index contributed by atoms with van der Waals surface area (Å²) >= 11 is 0. The molecule has 5 heteroatoms. The number of rotatable bonds is 3. The van der Waals surface area contributed by atoms with E-state index in [2.05, 4.69) is 28.4 Å². The predicted octanol–water partition coefficient (Wildman–Crippen LogP) is 4.30. The summed E-state index contributed by atoms with van der Waals surface area (Å²) in [6.45, 7) is 6.79. The lowest BCUT2D eigenvalue weighted by molar-refractivity contribution is -0.0216. The molecule has 2 fully saturated rings. The molecule has 0 bridgehead atoms. The van der Waals surface area contributed by atoms with Crippen LogP contribution in [0.25, 0.3) is 5.70 Å². The average Bonchev–Trinajstić information content (AvgIpc) is 2.99. The van der Waals surface area contributed by atoms with Gasteiger partial charge in [-0.15, -0.1) is 0 Å². The van der Waals surface area contributed by atoms with Gasteiger partial charge in [-0.05, 0) is 30.5 Å². The molecule has 0 spiro atoms. The summed E-state index contributed by atoms with van der Waals surface area (Å²) in [6, 6.07) is 4.00. The highest BCUT2D eigenvalue weighted by atomic mass is 16.5. The summed E-state index contributed by atoms with van der Waals surface area (Å²) < 4.78 is 6.16. The number of pyridine rings is 1. The molecule has 0 amide bonds. The molecular weight excluding hydrogens is 348 g/mol. The molecule has 0 N–H and O–H groups in total. The van der Waals surface area contributed by atoms with Crippen molar-refractivity contribution in [2.45, 2.75) is 51.0 Å². The number of nitrogens with zero attached hydrogens (tertiary/aromatic N) is 4. The number of guanidine groups is 1. The Morgan fingerprint density at radius 1 is 1.14 bits per heavy atom. The van der Waals surface area contributed by atoms with Gasteiger partial charge in [0.05, 0.1) is 18.4 Å². The van der Waals surface area contributed by atoms with Crippen molar-refractivity contribution >= 4 is 11.7 Å². The van der Waals surface area contributed by atoms with Gasteiger partial charge < -0.3 is 14.5 Å². The van der Waals surface area contributed by atoms with E-state index in [0.717, 1.165) is 48.5 Å². The van der Waals surface area contributed by atoms with Crippen LogP contribution in [-0.4, -0.2) is 53.6 Å². The fraction of sp³-hybridized carbons (Fsp3) is 0.565. The van der Waals surface area contributed by atoms with Gasteiger partial charge in [-0.1, -0.05) is 45.1 Å². The van der Waals surface area contributed by atoms with Gasteiger partial charge in [0, 0.05) is 43.8 Å². The number of hydrogen-bond donors (Lipinski definition) is 0. The second kappa shape index (κ2) is 8.91. The fourth-order valence-electron chi connectivity index (χ4n) is 4.57. The topological polar surface area (TPSA) is 41.0 Å². The van der Waals surface area contributed by atoms with Gasteiger partial charge >= 0.3 is 0 Å². The summed E-state index contributed by atoms with van der Waals surface area (Å²) in [7, 11) is 2.05. The van der Waals surface area contributed by atoms with Crippen molar-refractivity contribution in [1.82, 2.24) is 14.8 Å². The molecular formula is C23H32N4O. The summed E-state index contributed by atoms with van der Waals surface area (Å²) in [6.07, 6.45) is 15.5. The van der Waals surface area contributed by atoms with Crippen LogP contribution in [0.3, 0.4) is 0 Å². The zero-order valence-corrected chi connectivity index (χ0v) is 17.0. The zero-order valence-electron chi connectivity index (χ0n) is 17.0. The largest absolute Gasteiger partial charge is 0.375 e. The monoisotopic (exact) mass is 380 g/mol. The van der Waals surface area contributed by atoms with Gasteiger partial charge in [-0.3, -0.25) is 4.98 Å². The molecule has 1 unspecified atom stereocenters. The number of morpholine rings is 1. The lowest BCUT2D eigenvalue weighted by Crippen LogP contribution is -2.51. The first-order valence-corrected chi connectivity index (χ1v) is 10.7. The standard InChI is InChI=1S/C23H32N4O/c1-18-15-22(20-9-11-24-12-10-20)25-23(26(18)2)27-13-14-28-21(17-27)16-19-7-5-3-4-6-8-19/h9-12,15,19,21H,1,3-8,13-14,16-17H2,2H3. The van der Waals surface area contributed by atoms with Crippen molar-refractivity contribution in [2.24, 2.45) is 10.9 Å². The Kier molecular flexibility index (Phi) is 6.10. The van der Waals surface area contributed by atoms with E-state index in [9.17, 15) is 0 Å². The Morgan fingerprint density at radius 3 is 2.64 bits per heavy atom. The van der Waals surface area contributed by atoms with Crippen LogP contribution in [0.15, 0.2) is 47.9 Å². The van der Waals surface area contributed by atoms with Crippen LogP contribution in [0.4, 0.5) is 0 Å². The van der Waals surface area contributed by atoms with Crippen molar-refractivity contribution in [3.05, 3.63) is 48.4 Å². The quantitative estimate of drug-likeness (QED) is 0.733. The number of aliphatic imine (C=N–C) groups is 1. The van der Waals surface area contributed by atoms with Crippen LogP contribution in [0.5, 0.6) is 0 Å². The van der Waals surface area contributed by atoms with Gasteiger partial charge in [0.2, 0.25) is 5.96 Å². The minimum atomic E-state index is 0.302. The molecule has 5 nitrogen and oxygen atoms in total. The lowest BCUT2D eigenvalue weighted by Gasteiger charge is -2.40. The zero-order chi connectivity index (χ0) is 19.3. The first-order valence-electron chi connectivity index (χ1n) is 10.7. The Bertz CT molecular complexity index is 734. The average molecular weight is 381 g/mol. The van der Waals surface area contributed by atoms with Crippen LogP contribution < -0.4 is 0 Å². The summed E-state index contributed by atoms with van der Waals surface area (Å²) in [5.41, 5.74) is 2.99. The van der Waals surface area contributed by atoms with E-state index >= 15 is 0 Å². The van der Waals surface area contributed by atoms with E-state index in [1.54, 1.807) is 0 Å². The lowest BCUT2D eigenvalue weighted by atomic mass is 9.93. The molecule has 1 saturated carbocycles. The van der Waals surface area contributed by atoms with Gasteiger partial charge in [0.25, 0.3) is 0 Å². The number of allylic oxidation sites excluding steroid dienone is 1. The third-order valence-electron chi connectivity index (χ3n) is 6.22. The van der Waals surface area contributed by atoms with E-state index < -0.39 is 0 Å². The SMILES string of the molecule is C=C1C=C(c2ccncc2)N=C(N2CCOC(CC3CCCCCC3)C2)N1C. The molecule has 3 heterocycles. The maximum absolute atomic E-state index is 6.16. The van der Waals surface area contributed by atoms with Gasteiger partial charge in [0.1, 0.15) is 0 Å². The van der Waals surface area contributed by atoms with E-state index in [0.29, 0.717) is 6.10 Å². The van der Waals surface area contributed by atoms with Crippen molar-refractivity contribution in [1.29, 1.82) is 0 Å². The van der Waals surface area contributed by atoms with Crippen LogP contribution in [0.1, 0.15) is 50.5 Å².